The third-order valence-corrected chi connectivity index (χ3v) is 2.66. The molecule has 0 bridgehead atoms. The van der Waals surface area contributed by atoms with Gasteiger partial charge in [0.2, 0.25) is 10.0 Å². The minimum Gasteiger partial charge on any atom is -0.355 e. The molecule has 2 N–H and O–H groups in total. The number of rotatable bonds is 3. The number of sulfonamides is 1. The van der Waals surface area contributed by atoms with E-state index in [1.165, 1.54) is 25.2 Å². The van der Waals surface area contributed by atoms with Crippen molar-refractivity contribution in [2.45, 2.75) is 0 Å². The Morgan fingerprint density at radius 2 is 2.00 bits per heavy atom. The summed E-state index contributed by atoms with van der Waals surface area (Å²) in [5, 5.41) is 2.62. The van der Waals surface area contributed by atoms with E-state index in [-0.39, 0.29) is 10.9 Å². The molecule has 0 unspecified atom stereocenters. The fourth-order valence-corrected chi connectivity index (χ4v) is 1.93. The third kappa shape index (κ3) is 3.39. The van der Waals surface area contributed by atoms with Gasteiger partial charge in [0, 0.05) is 12.7 Å². The highest BCUT2D eigenvalue weighted by Gasteiger charge is 2.10. The molecule has 1 aromatic rings. The fourth-order valence-electron chi connectivity index (χ4n) is 1.11. The van der Waals surface area contributed by atoms with Crippen LogP contribution in [0.25, 0.3) is 0 Å². The number of halogens is 1. The van der Waals surface area contributed by atoms with Gasteiger partial charge >= 0.3 is 0 Å². The summed E-state index contributed by atoms with van der Waals surface area (Å²) in [4.78, 5) is 11.3. The molecule has 0 aromatic heterocycles. The monoisotopic (exact) mass is 262 g/mol. The first-order chi connectivity index (χ1) is 7.33. The summed E-state index contributed by atoms with van der Waals surface area (Å²) in [7, 11) is -1.85. The number of hydrogen-bond acceptors (Lipinski definition) is 3. The molecular formula is C9H11ClN2O3S. The highest BCUT2D eigenvalue weighted by Crippen LogP contribution is 2.21. The summed E-state index contributed by atoms with van der Waals surface area (Å²) in [6.45, 7) is 0. The van der Waals surface area contributed by atoms with Gasteiger partial charge in [0.05, 0.1) is 16.8 Å². The predicted molar refractivity (Wildman–Crippen MR) is 63.3 cm³/mol. The number of carbonyl (C=O) groups is 1. The molecule has 0 heterocycles. The van der Waals surface area contributed by atoms with E-state index in [0.29, 0.717) is 11.3 Å². The highest BCUT2D eigenvalue weighted by atomic mass is 35.5. The molecule has 0 saturated carbocycles. The largest absolute Gasteiger partial charge is 0.355 e. The normalized spacial score (nSPS) is 10.9. The van der Waals surface area contributed by atoms with Crippen LogP contribution in [-0.2, 0) is 10.0 Å². The number of anilines is 1. The second kappa shape index (κ2) is 4.71. The molecule has 0 fully saturated rings. The Morgan fingerprint density at radius 1 is 1.38 bits per heavy atom. The SMILES string of the molecule is CNC(=O)c1ccc(NS(C)(=O)=O)cc1Cl. The maximum absolute atomic E-state index is 11.3. The van der Waals surface area contributed by atoms with E-state index in [2.05, 4.69) is 10.0 Å². The predicted octanol–water partition coefficient (Wildman–Crippen LogP) is 1.07. The van der Waals surface area contributed by atoms with Crippen molar-refractivity contribution in [1.82, 2.24) is 5.32 Å². The minimum atomic E-state index is -3.34. The molecular weight excluding hydrogens is 252 g/mol. The van der Waals surface area contributed by atoms with E-state index in [1.807, 2.05) is 0 Å². The zero-order valence-corrected chi connectivity index (χ0v) is 10.3. The fraction of sp³-hybridized carbons (Fsp3) is 0.222. The van der Waals surface area contributed by atoms with Gasteiger partial charge < -0.3 is 5.32 Å². The molecule has 0 radical (unpaired) electrons. The summed E-state index contributed by atoms with van der Waals surface area (Å²) in [5.41, 5.74) is 0.614. The van der Waals surface area contributed by atoms with Crippen LogP contribution in [0.5, 0.6) is 0 Å². The summed E-state index contributed by atoms with van der Waals surface area (Å²) >= 11 is 5.84. The first kappa shape index (κ1) is 12.8. The van der Waals surface area contributed by atoms with Gasteiger partial charge in [-0.3, -0.25) is 9.52 Å². The number of hydrogen-bond donors (Lipinski definition) is 2. The first-order valence-electron chi connectivity index (χ1n) is 4.33. The van der Waals surface area contributed by atoms with Gasteiger partial charge in [0.1, 0.15) is 0 Å². The van der Waals surface area contributed by atoms with Crippen LogP contribution in [-0.4, -0.2) is 27.6 Å². The Labute approximate surface area is 98.9 Å². The molecule has 1 rings (SSSR count). The van der Waals surface area contributed by atoms with Crippen molar-refractivity contribution >= 4 is 33.2 Å². The number of carbonyl (C=O) groups excluding carboxylic acids is 1. The molecule has 16 heavy (non-hydrogen) atoms. The minimum absolute atomic E-state index is 0.188. The topological polar surface area (TPSA) is 75.3 Å². The molecule has 0 aliphatic carbocycles. The number of benzene rings is 1. The van der Waals surface area contributed by atoms with Gasteiger partial charge in [0.25, 0.3) is 5.91 Å². The molecule has 88 valence electrons. The second-order valence-corrected chi connectivity index (χ2v) is 5.30. The standard InChI is InChI=1S/C9H11ClN2O3S/c1-11-9(13)7-4-3-6(5-8(7)10)12-16(2,14)15/h3-5,12H,1-2H3,(H,11,13). The quantitative estimate of drug-likeness (QED) is 0.856. The van der Waals surface area contributed by atoms with E-state index < -0.39 is 10.0 Å². The Morgan fingerprint density at radius 3 is 2.44 bits per heavy atom. The lowest BCUT2D eigenvalue weighted by molar-refractivity contribution is 0.0963. The zero-order valence-electron chi connectivity index (χ0n) is 8.74. The first-order valence-corrected chi connectivity index (χ1v) is 6.60. The van der Waals surface area contributed by atoms with Crippen molar-refractivity contribution in [3.8, 4) is 0 Å². The van der Waals surface area contributed by atoms with E-state index in [9.17, 15) is 13.2 Å². The maximum atomic E-state index is 11.3. The molecule has 1 amide bonds. The van der Waals surface area contributed by atoms with E-state index in [0.717, 1.165) is 6.26 Å². The molecule has 0 saturated heterocycles. The lowest BCUT2D eigenvalue weighted by Crippen LogP contribution is -2.18. The van der Waals surface area contributed by atoms with Crippen LogP contribution >= 0.6 is 11.6 Å². The average molecular weight is 263 g/mol. The summed E-state index contributed by atoms with van der Waals surface area (Å²) in [6, 6.07) is 4.30. The number of amides is 1. The summed E-state index contributed by atoms with van der Waals surface area (Å²) in [5.74, 6) is -0.323. The average Bonchev–Trinajstić information content (AvgIpc) is 2.14. The van der Waals surface area contributed by atoms with Crippen LogP contribution in [0.1, 0.15) is 10.4 Å². The van der Waals surface area contributed by atoms with Crippen molar-refractivity contribution < 1.29 is 13.2 Å². The van der Waals surface area contributed by atoms with Gasteiger partial charge in [-0.05, 0) is 18.2 Å². The second-order valence-electron chi connectivity index (χ2n) is 3.15. The molecule has 0 atom stereocenters. The molecule has 1 aromatic carbocycles. The van der Waals surface area contributed by atoms with Crippen LogP contribution in [0.3, 0.4) is 0 Å². The van der Waals surface area contributed by atoms with Crippen LogP contribution in [0.4, 0.5) is 5.69 Å². The van der Waals surface area contributed by atoms with Crippen LogP contribution in [0, 0.1) is 0 Å². The van der Waals surface area contributed by atoms with E-state index >= 15 is 0 Å². The Bertz CT molecular complexity index is 513. The Kier molecular flexibility index (Phi) is 3.77. The highest BCUT2D eigenvalue weighted by molar-refractivity contribution is 7.92. The molecule has 0 aliphatic heterocycles. The van der Waals surface area contributed by atoms with E-state index in [1.54, 1.807) is 0 Å². The summed E-state index contributed by atoms with van der Waals surface area (Å²) in [6.07, 6.45) is 1.04. The van der Waals surface area contributed by atoms with Gasteiger partial charge in [-0.25, -0.2) is 8.42 Å². The third-order valence-electron chi connectivity index (χ3n) is 1.74. The summed E-state index contributed by atoms with van der Waals surface area (Å²) < 4.78 is 24.2. The van der Waals surface area contributed by atoms with Crippen LogP contribution < -0.4 is 10.0 Å². The van der Waals surface area contributed by atoms with Gasteiger partial charge in [0.15, 0.2) is 0 Å². The van der Waals surface area contributed by atoms with Gasteiger partial charge in [-0.2, -0.15) is 0 Å². The smallest absolute Gasteiger partial charge is 0.252 e. The Hall–Kier alpha value is -1.27. The molecule has 5 nitrogen and oxygen atoms in total. The van der Waals surface area contributed by atoms with Crippen LogP contribution in [0.15, 0.2) is 18.2 Å². The Balaban J connectivity index is 3.05. The van der Waals surface area contributed by atoms with Crippen molar-refractivity contribution in [2.24, 2.45) is 0 Å². The van der Waals surface area contributed by atoms with Gasteiger partial charge in [-0.15, -0.1) is 0 Å². The van der Waals surface area contributed by atoms with Crippen molar-refractivity contribution in [1.29, 1.82) is 0 Å². The zero-order chi connectivity index (χ0) is 12.3. The number of nitrogens with one attached hydrogen (secondary N) is 2. The lowest BCUT2D eigenvalue weighted by atomic mass is 10.2. The van der Waals surface area contributed by atoms with E-state index in [4.69, 9.17) is 11.6 Å². The molecule has 0 aliphatic rings. The van der Waals surface area contributed by atoms with Crippen LogP contribution in [0.2, 0.25) is 5.02 Å². The lowest BCUT2D eigenvalue weighted by Gasteiger charge is -2.07. The van der Waals surface area contributed by atoms with Crippen molar-refractivity contribution in [3.05, 3.63) is 28.8 Å². The van der Waals surface area contributed by atoms with Crippen molar-refractivity contribution in [3.63, 3.8) is 0 Å². The van der Waals surface area contributed by atoms with Crippen molar-refractivity contribution in [2.75, 3.05) is 18.0 Å². The van der Waals surface area contributed by atoms with Gasteiger partial charge in [-0.1, -0.05) is 11.6 Å². The molecule has 0 spiro atoms. The molecule has 7 heteroatoms. The maximum Gasteiger partial charge on any atom is 0.252 e.